The fraction of sp³-hybridized carbons (Fsp3) is 0.619. The number of rotatable bonds is 7. The molecular formula is C21H30N4O3S. The minimum Gasteiger partial charge on any atom is -0.487 e. The van der Waals surface area contributed by atoms with Crippen molar-refractivity contribution in [3.05, 3.63) is 41.2 Å². The predicted molar refractivity (Wildman–Crippen MR) is 111 cm³/mol. The zero-order valence-electron chi connectivity index (χ0n) is 17.2. The van der Waals surface area contributed by atoms with Crippen molar-refractivity contribution in [2.45, 2.75) is 64.4 Å². The average molecular weight is 419 g/mol. The maximum Gasteiger partial charge on any atom is 0.216 e. The van der Waals surface area contributed by atoms with Gasteiger partial charge in [-0.3, -0.25) is 4.68 Å². The van der Waals surface area contributed by atoms with Gasteiger partial charge in [-0.25, -0.2) is 12.7 Å². The molecule has 1 aromatic carbocycles. The van der Waals surface area contributed by atoms with Gasteiger partial charge in [-0.2, -0.15) is 0 Å². The van der Waals surface area contributed by atoms with Crippen LogP contribution in [0.2, 0.25) is 0 Å². The molecule has 0 N–H and O–H groups in total. The van der Waals surface area contributed by atoms with Crippen molar-refractivity contribution in [2.24, 2.45) is 5.92 Å². The van der Waals surface area contributed by atoms with E-state index < -0.39 is 10.0 Å². The summed E-state index contributed by atoms with van der Waals surface area (Å²) in [4.78, 5) is 0. The summed E-state index contributed by atoms with van der Waals surface area (Å²) in [5.41, 5.74) is 3.61. The van der Waals surface area contributed by atoms with Crippen LogP contribution < -0.4 is 4.74 Å². The normalized spacial score (nSPS) is 20.2. The van der Waals surface area contributed by atoms with E-state index in [2.05, 4.69) is 22.4 Å². The lowest BCUT2D eigenvalue weighted by molar-refractivity contribution is 0.237. The third kappa shape index (κ3) is 4.64. The standard InChI is InChI=1S/C21H30N4O3S/c1-16(2)29(26,27)25-10-4-5-17(13-25)12-24-14-20(22-23-24)15-28-21-9-8-18-6-3-7-19(18)11-21/h8-9,11,14,16-17H,3-7,10,12-13,15H2,1-2H3. The van der Waals surface area contributed by atoms with Gasteiger partial charge >= 0.3 is 0 Å². The predicted octanol–water partition coefficient (Wildman–Crippen LogP) is 2.80. The average Bonchev–Trinajstić information content (AvgIpc) is 3.35. The zero-order valence-corrected chi connectivity index (χ0v) is 18.1. The van der Waals surface area contributed by atoms with E-state index in [1.807, 2.05) is 16.9 Å². The van der Waals surface area contributed by atoms with Gasteiger partial charge in [-0.1, -0.05) is 11.3 Å². The molecule has 2 heterocycles. The molecule has 0 saturated carbocycles. The van der Waals surface area contributed by atoms with Gasteiger partial charge in [0.2, 0.25) is 10.0 Å². The highest BCUT2D eigenvalue weighted by molar-refractivity contribution is 7.89. The molecule has 2 aromatic rings. The summed E-state index contributed by atoms with van der Waals surface area (Å²) in [6.45, 7) is 5.72. The first kappa shape index (κ1) is 20.3. The van der Waals surface area contributed by atoms with Crippen LogP contribution in [0.4, 0.5) is 0 Å². The molecule has 158 valence electrons. The van der Waals surface area contributed by atoms with Gasteiger partial charge < -0.3 is 4.74 Å². The Morgan fingerprint density at radius 2 is 2.03 bits per heavy atom. The number of aryl methyl sites for hydroxylation is 2. The molecule has 7 nitrogen and oxygen atoms in total. The Kier molecular flexibility index (Phi) is 5.92. The van der Waals surface area contributed by atoms with Crippen molar-refractivity contribution in [2.75, 3.05) is 13.1 Å². The summed E-state index contributed by atoms with van der Waals surface area (Å²) < 4.78 is 34.3. The van der Waals surface area contributed by atoms with E-state index in [1.54, 1.807) is 18.2 Å². The Labute approximate surface area is 173 Å². The van der Waals surface area contributed by atoms with Crippen molar-refractivity contribution in [1.29, 1.82) is 0 Å². The topological polar surface area (TPSA) is 77.3 Å². The van der Waals surface area contributed by atoms with Crippen LogP contribution in [0.5, 0.6) is 5.75 Å². The van der Waals surface area contributed by atoms with Gasteiger partial charge in [0.25, 0.3) is 0 Å². The number of aromatic nitrogens is 3. The molecule has 1 aromatic heterocycles. The molecule has 1 aliphatic carbocycles. The zero-order chi connectivity index (χ0) is 20.4. The molecule has 1 saturated heterocycles. The number of hydrogen-bond donors (Lipinski definition) is 0. The van der Waals surface area contributed by atoms with E-state index in [-0.39, 0.29) is 11.2 Å². The SMILES string of the molecule is CC(C)S(=O)(=O)N1CCCC(Cn2cc(COc3ccc4c(c3)CCC4)nn2)C1. The van der Waals surface area contributed by atoms with Crippen LogP contribution in [0.25, 0.3) is 0 Å². The van der Waals surface area contributed by atoms with Gasteiger partial charge in [-0.15, -0.1) is 5.10 Å². The number of hydrogen-bond acceptors (Lipinski definition) is 5. The Morgan fingerprint density at radius 3 is 2.86 bits per heavy atom. The molecule has 29 heavy (non-hydrogen) atoms. The summed E-state index contributed by atoms with van der Waals surface area (Å²) in [7, 11) is -3.20. The molecule has 0 amide bonds. The lowest BCUT2D eigenvalue weighted by atomic mass is 10.00. The highest BCUT2D eigenvalue weighted by Crippen LogP contribution is 2.26. The Bertz CT molecular complexity index is 955. The number of sulfonamides is 1. The summed E-state index contributed by atoms with van der Waals surface area (Å²) in [5.74, 6) is 1.13. The summed E-state index contributed by atoms with van der Waals surface area (Å²) in [6, 6.07) is 6.33. The molecule has 8 heteroatoms. The summed E-state index contributed by atoms with van der Waals surface area (Å²) in [5, 5.41) is 8.06. The molecule has 1 unspecified atom stereocenters. The van der Waals surface area contributed by atoms with Crippen molar-refractivity contribution in [1.82, 2.24) is 19.3 Å². The fourth-order valence-electron chi connectivity index (χ4n) is 4.26. The molecular weight excluding hydrogens is 388 g/mol. The number of nitrogens with zero attached hydrogens (tertiary/aromatic N) is 4. The van der Waals surface area contributed by atoms with Gasteiger partial charge in [0.15, 0.2) is 0 Å². The summed E-state index contributed by atoms with van der Waals surface area (Å²) in [6.07, 6.45) is 7.33. The van der Waals surface area contributed by atoms with Gasteiger partial charge in [0.05, 0.1) is 11.4 Å². The number of fused-ring (bicyclic) bond motifs is 1. The van der Waals surface area contributed by atoms with E-state index in [1.165, 1.54) is 24.0 Å². The lowest BCUT2D eigenvalue weighted by Crippen LogP contribution is -2.44. The van der Waals surface area contributed by atoms with Gasteiger partial charge in [0, 0.05) is 19.6 Å². The fourth-order valence-corrected chi connectivity index (χ4v) is 5.66. The van der Waals surface area contributed by atoms with Crippen molar-refractivity contribution in [3.8, 4) is 5.75 Å². The van der Waals surface area contributed by atoms with E-state index in [0.717, 1.165) is 30.7 Å². The van der Waals surface area contributed by atoms with Crippen LogP contribution in [0.1, 0.15) is 49.9 Å². The molecule has 1 fully saturated rings. The maximum atomic E-state index is 12.5. The van der Waals surface area contributed by atoms with Crippen LogP contribution in [0.15, 0.2) is 24.4 Å². The number of ether oxygens (including phenoxy) is 1. The van der Waals surface area contributed by atoms with Gasteiger partial charge in [-0.05, 0) is 75.1 Å². The molecule has 4 rings (SSSR count). The molecule has 2 aliphatic rings. The van der Waals surface area contributed by atoms with Crippen molar-refractivity contribution in [3.63, 3.8) is 0 Å². The lowest BCUT2D eigenvalue weighted by Gasteiger charge is -2.32. The first-order chi connectivity index (χ1) is 13.9. The largest absolute Gasteiger partial charge is 0.487 e. The smallest absolute Gasteiger partial charge is 0.216 e. The van der Waals surface area contributed by atoms with E-state index in [9.17, 15) is 8.42 Å². The Balaban J connectivity index is 1.32. The molecule has 1 aliphatic heterocycles. The summed E-state index contributed by atoms with van der Waals surface area (Å²) >= 11 is 0. The highest BCUT2D eigenvalue weighted by atomic mass is 32.2. The van der Waals surface area contributed by atoms with Gasteiger partial charge in [0.1, 0.15) is 18.1 Å². The minimum absolute atomic E-state index is 0.254. The quantitative estimate of drug-likeness (QED) is 0.691. The van der Waals surface area contributed by atoms with Crippen LogP contribution in [0, 0.1) is 5.92 Å². The molecule has 0 spiro atoms. The first-order valence-electron chi connectivity index (χ1n) is 10.5. The van der Waals surface area contributed by atoms with Crippen LogP contribution >= 0.6 is 0 Å². The van der Waals surface area contributed by atoms with Crippen LogP contribution in [-0.2, 0) is 36.0 Å². The van der Waals surface area contributed by atoms with E-state index >= 15 is 0 Å². The molecule has 0 radical (unpaired) electrons. The van der Waals surface area contributed by atoms with Crippen LogP contribution in [0.3, 0.4) is 0 Å². The second-order valence-electron chi connectivity index (χ2n) is 8.46. The third-order valence-corrected chi connectivity index (χ3v) is 8.17. The molecule has 0 bridgehead atoms. The van der Waals surface area contributed by atoms with E-state index in [0.29, 0.717) is 26.2 Å². The molecule has 1 atom stereocenters. The second kappa shape index (κ2) is 8.44. The first-order valence-corrected chi connectivity index (χ1v) is 12.0. The van der Waals surface area contributed by atoms with Crippen molar-refractivity contribution < 1.29 is 13.2 Å². The Hall–Kier alpha value is -1.93. The number of piperidine rings is 1. The van der Waals surface area contributed by atoms with E-state index in [4.69, 9.17) is 4.74 Å². The highest BCUT2D eigenvalue weighted by Gasteiger charge is 2.31. The minimum atomic E-state index is -3.20. The van der Waals surface area contributed by atoms with Crippen LogP contribution in [-0.4, -0.2) is 46.1 Å². The second-order valence-corrected chi connectivity index (χ2v) is 11.0. The monoisotopic (exact) mass is 418 g/mol. The maximum absolute atomic E-state index is 12.5. The Morgan fingerprint density at radius 1 is 1.21 bits per heavy atom. The third-order valence-electron chi connectivity index (χ3n) is 5.93. The number of benzene rings is 1. The van der Waals surface area contributed by atoms with Crippen molar-refractivity contribution >= 4 is 10.0 Å².